The monoisotopic (exact) mass is 219 g/mol. The van der Waals surface area contributed by atoms with Crippen molar-refractivity contribution >= 4 is 0 Å². The van der Waals surface area contributed by atoms with Crippen LogP contribution in [0, 0.1) is 12.8 Å². The van der Waals surface area contributed by atoms with E-state index in [1.165, 1.54) is 37.9 Å². The van der Waals surface area contributed by atoms with Gasteiger partial charge in [0.05, 0.1) is 6.61 Å². The average Bonchev–Trinajstić information content (AvgIpc) is 2.77. The second-order valence-corrected chi connectivity index (χ2v) is 4.67. The first-order chi connectivity index (χ1) is 7.84. The lowest BCUT2D eigenvalue weighted by Crippen LogP contribution is -2.09. The van der Waals surface area contributed by atoms with Crippen LogP contribution in [-0.4, -0.2) is 19.7 Å². The minimum Gasteiger partial charge on any atom is -0.494 e. The molecule has 0 radical (unpaired) electrons. The van der Waals surface area contributed by atoms with Crippen LogP contribution >= 0.6 is 0 Å². The van der Waals surface area contributed by atoms with Gasteiger partial charge < -0.3 is 10.1 Å². The average molecular weight is 219 g/mol. The van der Waals surface area contributed by atoms with Crippen molar-refractivity contribution in [2.45, 2.75) is 26.2 Å². The third kappa shape index (κ3) is 3.53. The zero-order valence-electron chi connectivity index (χ0n) is 10.0. The van der Waals surface area contributed by atoms with Crippen molar-refractivity contribution in [2.24, 2.45) is 5.92 Å². The Morgan fingerprint density at radius 3 is 3.12 bits per heavy atom. The molecule has 2 rings (SSSR count). The minimum atomic E-state index is 0.847. The smallest absolute Gasteiger partial charge is 0.119 e. The molecule has 0 bridgehead atoms. The summed E-state index contributed by atoms with van der Waals surface area (Å²) in [6.45, 7) is 5.34. The Morgan fingerprint density at radius 2 is 2.38 bits per heavy atom. The largest absolute Gasteiger partial charge is 0.494 e. The number of aryl methyl sites for hydroxylation is 1. The Hall–Kier alpha value is -1.02. The minimum absolute atomic E-state index is 0.847. The van der Waals surface area contributed by atoms with Crippen molar-refractivity contribution in [1.29, 1.82) is 0 Å². The van der Waals surface area contributed by atoms with Crippen LogP contribution in [0.25, 0.3) is 0 Å². The molecule has 1 fully saturated rings. The molecule has 1 N–H and O–H groups in total. The molecular formula is C14H21NO. The molecule has 0 aromatic heterocycles. The number of benzene rings is 1. The van der Waals surface area contributed by atoms with Gasteiger partial charge in [0.25, 0.3) is 0 Å². The highest BCUT2D eigenvalue weighted by Crippen LogP contribution is 2.16. The predicted octanol–water partition coefficient (Wildman–Crippen LogP) is 2.76. The zero-order chi connectivity index (χ0) is 11.2. The van der Waals surface area contributed by atoms with Crippen LogP contribution in [0.4, 0.5) is 0 Å². The molecule has 2 nitrogen and oxygen atoms in total. The van der Waals surface area contributed by atoms with Gasteiger partial charge in [-0.05, 0) is 62.9 Å². The summed E-state index contributed by atoms with van der Waals surface area (Å²) < 4.78 is 5.73. The van der Waals surface area contributed by atoms with Crippen LogP contribution in [0.2, 0.25) is 0 Å². The maximum absolute atomic E-state index is 5.73. The molecule has 16 heavy (non-hydrogen) atoms. The highest BCUT2D eigenvalue weighted by atomic mass is 16.5. The molecule has 1 aromatic carbocycles. The Morgan fingerprint density at radius 1 is 1.44 bits per heavy atom. The van der Waals surface area contributed by atoms with E-state index in [0.29, 0.717) is 0 Å². The first-order valence-corrected chi connectivity index (χ1v) is 6.25. The normalized spacial score (nSPS) is 19.9. The summed E-state index contributed by atoms with van der Waals surface area (Å²) in [5.74, 6) is 1.88. The Labute approximate surface area is 98.0 Å². The molecule has 0 amide bonds. The Balaban J connectivity index is 1.64. The van der Waals surface area contributed by atoms with Crippen molar-refractivity contribution in [1.82, 2.24) is 5.32 Å². The lowest BCUT2D eigenvalue weighted by Gasteiger charge is -2.09. The highest BCUT2D eigenvalue weighted by molar-refractivity contribution is 5.27. The molecule has 1 aromatic rings. The summed E-state index contributed by atoms with van der Waals surface area (Å²) in [5, 5.41) is 3.40. The van der Waals surface area contributed by atoms with Gasteiger partial charge in [0.2, 0.25) is 0 Å². The second kappa shape index (κ2) is 5.90. The van der Waals surface area contributed by atoms with Gasteiger partial charge in [-0.25, -0.2) is 0 Å². The van der Waals surface area contributed by atoms with Gasteiger partial charge in [0.1, 0.15) is 5.75 Å². The number of rotatable bonds is 5. The summed E-state index contributed by atoms with van der Waals surface area (Å²) in [6, 6.07) is 8.27. The van der Waals surface area contributed by atoms with Crippen molar-refractivity contribution in [2.75, 3.05) is 19.7 Å². The fourth-order valence-corrected chi connectivity index (χ4v) is 2.23. The first kappa shape index (κ1) is 11.5. The molecule has 1 atom stereocenters. The number of hydrogen-bond donors (Lipinski definition) is 1. The summed E-state index contributed by atoms with van der Waals surface area (Å²) in [4.78, 5) is 0. The zero-order valence-corrected chi connectivity index (χ0v) is 10.0. The van der Waals surface area contributed by atoms with Crippen molar-refractivity contribution in [3.8, 4) is 5.75 Å². The molecule has 0 spiro atoms. The standard InChI is InChI=1S/C14H21NO/c1-12-4-2-6-14(10-12)16-9-3-5-13-7-8-15-11-13/h2,4,6,10,13,15H,3,5,7-9,11H2,1H3. The van der Waals surface area contributed by atoms with Gasteiger partial charge in [0.15, 0.2) is 0 Å². The SMILES string of the molecule is Cc1cccc(OCCCC2CCNC2)c1. The quantitative estimate of drug-likeness (QED) is 0.769. The van der Waals surface area contributed by atoms with E-state index in [2.05, 4.69) is 24.4 Å². The molecule has 1 saturated heterocycles. The van der Waals surface area contributed by atoms with Gasteiger partial charge in [-0.1, -0.05) is 12.1 Å². The van der Waals surface area contributed by atoms with Crippen LogP contribution in [0.5, 0.6) is 5.75 Å². The number of hydrogen-bond acceptors (Lipinski definition) is 2. The Kier molecular flexibility index (Phi) is 4.23. The molecule has 88 valence electrons. The van der Waals surface area contributed by atoms with Crippen LogP contribution in [0.15, 0.2) is 24.3 Å². The van der Waals surface area contributed by atoms with Gasteiger partial charge in [-0.2, -0.15) is 0 Å². The topological polar surface area (TPSA) is 21.3 Å². The van der Waals surface area contributed by atoms with E-state index >= 15 is 0 Å². The molecule has 1 aliphatic rings. The molecule has 0 saturated carbocycles. The van der Waals surface area contributed by atoms with E-state index in [4.69, 9.17) is 4.74 Å². The Bertz CT molecular complexity index is 318. The summed E-state index contributed by atoms with van der Waals surface area (Å²) in [7, 11) is 0. The number of ether oxygens (including phenoxy) is 1. The lowest BCUT2D eigenvalue weighted by atomic mass is 10.0. The van der Waals surface area contributed by atoms with E-state index < -0.39 is 0 Å². The first-order valence-electron chi connectivity index (χ1n) is 6.25. The fraction of sp³-hybridized carbons (Fsp3) is 0.571. The summed E-state index contributed by atoms with van der Waals surface area (Å²) in [5.41, 5.74) is 1.26. The van der Waals surface area contributed by atoms with E-state index in [-0.39, 0.29) is 0 Å². The molecule has 1 heterocycles. The van der Waals surface area contributed by atoms with Crippen LogP contribution in [0.3, 0.4) is 0 Å². The maximum Gasteiger partial charge on any atom is 0.119 e. The van der Waals surface area contributed by atoms with E-state index in [0.717, 1.165) is 18.3 Å². The lowest BCUT2D eigenvalue weighted by molar-refractivity contribution is 0.295. The van der Waals surface area contributed by atoms with Gasteiger partial charge in [-0.3, -0.25) is 0 Å². The molecule has 0 aliphatic carbocycles. The second-order valence-electron chi connectivity index (χ2n) is 4.67. The van der Waals surface area contributed by atoms with Crippen LogP contribution in [0.1, 0.15) is 24.8 Å². The van der Waals surface area contributed by atoms with Crippen molar-refractivity contribution < 1.29 is 4.74 Å². The number of nitrogens with one attached hydrogen (secondary N) is 1. The predicted molar refractivity (Wildman–Crippen MR) is 66.9 cm³/mol. The van der Waals surface area contributed by atoms with E-state index in [9.17, 15) is 0 Å². The van der Waals surface area contributed by atoms with Crippen LogP contribution in [-0.2, 0) is 0 Å². The third-order valence-electron chi connectivity index (χ3n) is 3.18. The van der Waals surface area contributed by atoms with E-state index in [1.54, 1.807) is 0 Å². The fourth-order valence-electron chi connectivity index (χ4n) is 2.23. The van der Waals surface area contributed by atoms with Gasteiger partial charge in [0, 0.05) is 0 Å². The molecule has 2 heteroatoms. The summed E-state index contributed by atoms with van der Waals surface area (Å²) in [6.07, 6.45) is 3.80. The molecule has 1 unspecified atom stereocenters. The van der Waals surface area contributed by atoms with E-state index in [1.807, 2.05) is 12.1 Å². The third-order valence-corrected chi connectivity index (χ3v) is 3.18. The highest BCUT2D eigenvalue weighted by Gasteiger charge is 2.13. The molecule has 1 aliphatic heterocycles. The van der Waals surface area contributed by atoms with Gasteiger partial charge >= 0.3 is 0 Å². The molecular weight excluding hydrogens is 198 g/mol. The van der Waals surface area contributed by atoms with Crippen LogP contribution < -0.4 is 10.1 Å². The van der Waals surface area contributed by atoms with Crippen molar-refractivity contribution in [3.63, 3.8) is 0 Å². The maximum atomic E-state index is 5.73. The summed E-state index contributed by atoms with van der Waals surface area (Å²) >= 11 is 0. The van der Waals surface area contributed by atoms with Crippen molar-refractivity contribution in [3.05, 3.63) is 29.8 Å². The van der Waals surface area contributed by atoms with Gasteiger partial charge in [-0.15, -0.1) is 0 Å².